The third-order valence-corrected chi connectivity index (χ3v) is 2.11. The van der Waals surface area contributed by atoms with Crippen molar-refractivity contribution in [3.8, 4) is 0 Å². The van der Waals surface area contributed by atoms with Gasteiger partial charge in [0.2, 0.25) is 5.56 Å². The zero-order chi connectivity index (χ0) is 10.7. The van der Waals surface area contributed by atoms with Gasteiger partial charge < -0.3 is 9.30 Å². The van der Waals surface area contributed by atoms with E-state index in [9.17, 15) is 9.59 Å². The minimum Gasteiger partial charge on any atom is -0.462 e. The van der Waals surface area contributed by atoms with Gasteiger partial charge in [0.05, 0.1) is 12.2 Å². The van der Waals surface area contributed by atoms with Gasteiger partial charge in [-0.15, -0.1) is 0 Å². The van der Waals surface area contributed by atoms with Gasteiger partial charge in [-0.2, -0.15) is 0 Å². The molecule has 0 amide bonds. The predicted octanol–water partition coefficient (Wildman–Crippen LogP) is 0.870. The van der Waals surface area contributed by atoms with Crippen LogP contribution in [0.5, 0.6) is 0 Å². The van der Waals surface area contributed by atoms with Crippen LogP contribution in [-0.4, -0.2) is 17.1 Å². The molecule has 0 aromatic carbocycles. The number of esters is 1. The van der Waals surface area contributed by atoms with Crippen molar-refractivity contribution in [2.75, 3.05) is 6.61 Å². The molecule has 76 valence electrons. The zero-order valence-electron chi connectivity index (χ0n) is 8.53. The van der Waals surface area contributed by atoms with Crippen LogP contribution >= 0.6 is 0 Å². The van der Waals surface area contributed by atoms with Crippen LogP contribution in [0.25, 0.3) is 0 Å². The second-order valence-electron chi connectivity index (χ2n) is 2.95. The normalized spacial score (nSPS) is 9.93. The van der Waals surface area contributed by atoms with E-state index in [0.717, 1.165) is 0 Å². The first-order valence-electron chi connectivity index (χ1n) is 4.41. The molecule has 0 radical (unpaired) electrons. The molecule has 0 bridgehead atoms. The summed E-state index contributed by atoms with van der Waals surface area (Å²) in [5.41, 5.74) is 0.931. The molecule has 0 aliphatic rings. The Hall–Kier alpha value is -1.58. The highest BCUT2D eigenvalue weighted by Crippen LogP contribution is 2.05. The minimum atomic E-state index is -0.388. The third-order valence-electron chi connectivity index (χ3n) is 2.11. The van der Waals surface area contributed by atoms with Crippen molar-refractivity contribution in [3.63, 3.8) is 0 Å². The van der Waals surface area contributed by atoms with Crippen molar-refractivity contribution in [1.29, 1.82) is 0 Å². The average molecular weight is 195 g/mol. The number of carbonyl (C=O) groups is 1. The monoisotopic (exact) mass is 195 g/mol. The quantitative estimate of drug-likeness (QED) is 0.658. The Bertz CT molecular complexity index is 406. The van der Waals surface area contributed by atoms with Gasteiger partial charge in [-0.1, -0.05) is 0 Å². The SMILES string of the molecule is CCOC(=O)c1ccc(=O)n(C)c1C. The van der Waals surface area contributed by atoms with Crippen LogP contribution in [-0.2, 0) is 11.8 Å². The Morgan fingerprint density at radius 2 is 2.14 bits per heavy atom. The van der Waals surface area contributed by atoms with Gasteiger partial charge in [0.15, 0.2) is 0 Å². The lowest BCUT2D eigenvalue weighted by molar-refractivity contribution is 0.0524. The Kier molecular flexibility index (Phi) is 3.06. The molecule has 4 nitrogen and oxygen atoms in total. The lowest BCUT2D eigenvalue weighted by atomic mass is 10.2. The first-order valence-corrected chi connectivity index (χ1v) is 4.41. The highest BCUT2D eigenvalue weighted by molar-refractivity contribution is 5.90. The number of hydrogen-bond acceptors (Lipinski definition) is 3. The summed E-state index contributed by atoms with van der Waals surface area (Å²) in [7, 11) is 1.63. The molecule has 1 heterocycles. The second kappa shape index (κ2) is 4.09. The summed E-state index contributed by atoms with van der Waals surface area (Å²) >= 11 is 0. The van der Waals surface area contributed by atoms with E-state index in [1.54, 1.807) is 20.9 Å². The summed E-state index contributed by atoms with van der Waals surface area (Å²) in [5, 5.41) is 0. The molecule has 0 aliphatic heterocycles. The highest BCUT2D eigenvalue weighted by Gasteiger charge is 2.11. The van der Waals surface area contributed by atoms with E-state index in [0.29, 0.717) is 17.9 Å². The number of carbonyl (C=O) groups excluding carboxylic acids is 1. The van der Waals surface area contributed by atoms with Gasteiger partial charge in [0, 0.05) is 18.8 Å². The molecule has 0 saturated carbocycles. The van der Waals surface area contributed by atoms with Gasteiger partial charge in [-0.05, 0) is 19.9 Å². The second-order valence-corrected chi connectivity index (χ2v) is 2.95. The van der Waals surface area contributed by atoms with E-state index in [1.807, 2.05) is 0 Å². The fourth-order valence-corrected chi connectivity index (χ4v) is 1.16. The number of ether oxygens (including phenoxy) is 1. The highest BCUT2D eigenvalue weighted by atomic mass is 16.5. The maximum Gasteiger partial charge on any atom is 0.339 e. The number of pyridine rings is 1. The summed E-state index contributed by atoms with van der Waals surface area (Å²) < 4.78 is 6.27. The molecule has 4 heteroatoms. The largest absolute Gasteiger partial charge is 0.462 e. The van der Waals surface area contributed by atoms with Gasteiger partial charge in [-0.3, -0.25) is 4.79 Å². The van der Waals surface area contributed by atoms with Crippen molar-refractivity contribution in [2.24, 2.45) is 7.05 Å². The van der Waals surface area contributed by atoms with Crippen LogP contribution in [0.3, 0.4) is 0 Å². The van der Waals surface area contributed by atoms with Crippen LogP contribution in [0, 0.1) is 6.92 Å². The fourth-order valence-electron chi connectivity index (χ4n) is 1.16. The predicted molar refractivity (Wildman–Crippen MR) is 52.4 cm³/mol. The van der Waals surface area contributed by atoms with Crippen LogP contribution in [0.2, 0.25) is 0 Å². The molecular formula is C10H13NO3. The standard InChI is InChI=1S/C10H13NO3/c1-4-14-10(13)8-5-6-9(12)11(3)7(8)2/h5-6H,4H2,1-3H3. The summed E-state index contributed by atoms with van der Waals surface area (Å²) in [6, 6.07) is 2.86. The average Bonchev–Trinajstić information content (AvgIpc) is 2.15. The van der Waals surface area contributed by atoms with Crippen molar-refractivity contribution in [1.82, 2.24) is 4.57 Å². The zero-order valence-corrected chi connectivity index (χ0v) is 8.53. The van der Waals surface area contributed by atoms with E-state index in [-0.39, 0.29) is 11.5 Å². The van der Waals surface area contributed by atoms with E-state index in [2.05, 4.69) is 0 Å². The van der Waals surface area contributed by atoms with Crippen molar-refractivity contribution >= 4 is 5.97 Å². The van der Waals surface area contributed by atoms with Crippen molar-refractivity contribution < 1.29 is 9.53 Å². The summed E-state index contributed by atoms with van der Waals surface area (Å²) in [6.07, 6.45) is 0. The molecule has 14 heavy (non-hydrogen) atoms. The van der Waals surface area contributed by atoms with Crippen molar-refractivity contribution in [2.45, 2.75) is 13.8 Å². The van der Waals surface area contributed by atoms with Gasteiger partial charge in [-0.25, -0.2) is 4.79 Å². The lowest BCUT2D eigenvalue weighted by Gasteiger charge is -2.08. The number of rotatable bonds is 2. The molecule has 0 N–H and O–H groups in total. The Balaban J connectivity index is 3.18. The minimum absolute atomic E-state index is 0.129. The van der Waals surface area contributed by atoms with E-state index in [1.165, 1.54) is 16.7 Å². The maximum absolute atomic E-state index is 11.4. The van der Waals surface area contributed by atoms with Gasteiger partial charge in [0.1, 0.15) is 0 Å². The molecule has 0 fully saturated rings. The summed E-state index contributed by atoms with van der Waals surface area (Å²) in [6.45, 7) is 3.80. The number of hydrogen-bond donors (Lipinski definition) is 0. The molecule has 0 unspecified atom stereocenters. The lowest BCUT2D eigenvalue weighted by Crippen LogP contribution is -2.21. The molecule has 0 atom stereocenters. The Morgan fingerprint density at radius 1 is 1.50 bits per heavy atom. The van der Waals surface area contributed by atoms with Crippen LogP contribution in [0.1, 0.15) is 23.0 Å². The third kappa shape index (κ3) is 1.84. The molecule has 0 aliphatic carbocycles. The summed E-state index contributed by atoms with van der Waals surface area (Å²) in [5.74, 6) is -0.388. The maximum atomic E-state index is 11.4. The molecule has 0 spiro atoms. The van der Waals surface area contributed by atoms with Gasteiger partial charge in [0.25, 0.3) is 0 Å². The summed E-state index contributed by atoms with van der Waals surface area (Å²) in [4.78, 5) is 22.6. The molecule has 0 saturated heterocycles. The number of aromatic nitrogens is 1. The first kappa shape index (κ1) is 10.5. The van der Waals surface area contributed by atoms with E-state index < -0.39 is 0 Å². The van der Waals surface area contributed by atoms with E-state index in [4.69, 9.17) is 4.74 Å². The topological polar surface area (TPSA) is 48.3 Å². The van der Waals surface area contributed by atoms with Crippen LogP contribution in [0.4, 0.5) is 0 Å². The van der Waals surface area contributed by atoms with Gasteiger partial charge >= 0.3 is 5.97 Å². The molecule has 1 rings (SSSR count). The van der Waals surface area contributed by atoms with E-state index >= 15 is 0 Å². The fraction of sp³-hybridized carbons (Fsp3) is 0.400. The smallest absolute Gasteiger partial charge is 0.339 e. The van der Waals surface area contributed by atoms with Crippen LogP contribution < -0.4 is 5.56 Å². The molecule has 1 aromatic heterocycles. The number of nitrogens with zero attached hydrogens (tertiary/aromatic N) is 1. The first-order chi connectivity index (χ1) is 6.57. The Labute approximate surface area is 82.1 Å². The molecule has 1 aromatic rings. The molecular weight excluding hydrogens is 182 g/mol. The Morgan fingerprint density at radius 3 is 2.71 bits per heavy atom. The van der Waals surface area contributed by atoms with Crippen molar-refractivity contribution in [3.05, 3.63) is 33.7 Å². The van der Waals surface area contributed by atoms with Crippen LogP contribution in [0.15, 0.2) is 16.9 Å².